The van der Waals surface area contributed by atoms with E-state index in [0.717, 1.165) is 36.5 Å². The van der Waals surface area contributed by atoms with Crippen molar-refractivity contribution in [1.29, 1.82) is 0 Å². The molecule has 0 N–H and O–H groups in total. The van der Waals surface area contributed by atoms with Crippen molar-refractivity contribution in [1.82, 2.24) is 0 Å². The molecule has 0 amide bonds. The van der Waals surface area contributed by atoms with Crippen LogP contribution in [0.4, 0.5) is 0 Å². The highest BCUT2D eigenvalue weighted by Gasteiger charge is 2.24. The van der Waals surface area contributed by atoms with Gasteiger partial charge >= 0.3 is 5.97 Å². The third-order valence-corrected chi connectivity index (χ3v) is 6.85. The molecule has 0 bridgehead atoms. The minimum Gasteiger partial charge on any atom is -0.493 e. The van der Waals surface area contributed by atoms with Crippen LogP contribution in [0, 0.1) is 23.7 Å². The van der Waals surface area contributed by atoms with E-state index in [1.54, 1.807) is 0 Å². The number of ether oxygens (including phenoxy) is 2. The average Bonchev–Trinajstić information content (AvgIpc) is 2.73. The molecule has 1 aliphatic rings. The van der Waals surface area contributed by atoms with Gasteiger partial charge in [-0.25, -0.2) is 4.79 Å². The summed E-state index contributed by atoms with van der Waals surface area (Å²) in [5, 5.41) is 0. The van der Waals surface area contributed by atoms with E-state index in [9.17, 15) is 4.79 Å². The number of hydrogen-bond donors (Lipinski definition) is 0. The van der Waals surface area contributed by atoms with Gasteiger partial charge in [-0.15, -0.1) is 0 Å². The zero-order valence-corrected chi connectivity index (χ0v) is 22.1. The highest BCUT2D eigenvalue weighted by Crippen LogP contribution is 2.36. The van der Waals surface area contributed by atoms with Gasteiger partial charge in [0.2, 0.25) is 0 Å². The smallest absolute Gasteiger partial charge is 0.338 e. The van der Waals surface area contributed by atoms with Crippen molar-refractivity contribution in [2.24, 2.45) is 23.7 Å². The Labute approximate surface area is 203 Å². The Hall–Kier alpha value is -1.77. The molecule has 33 heavy (non-hydrogen) atoms. The van der Waals surface area contributed by atoms with Crippen molar-refractivity contribution in [3.63, 3.8) is 0 Å². The minimum atomic E-state index is -0.230. The van der Waals surface area contributed by atoms with Gasteiger partial charge in [0.15, 0.2) is 0 Å². The van der Waals surface area contributed by atoms with E-state index >= 15 is 0 Å². The van der Waals surface area contributed by atoms with Gasteiger partial charge in [-0.2, -0.15) is 0 Å². The van der Waals surface area contributed by atoms with Gasteiger partial charge < -0.3 is 9.47 Å². The summed E-state index contributed by atoms with van der Waals surface area (Å²) in [4.78, 5) is 13.1. The standard InChI is InChI=1S/C30H48O3/c1-7-12-22(3)18-24(5)20-32-29(26-14-11-15-26)27-16-9-10-17-28(27)30(31)33-21-25(6)19-23(4)13-8-2/h9-10,16-17,22-25H,7-8,11-15,18-21H2,1-6H3. The molecular weight excluding hydrogens is 408 g/mol. The number of esters is 1. The molecule has 3 heteroatoms. The molecular formula is C30H48O3. The molecule has 0 spiro atoms. The number of allylic oxidation sites excluding steroid dienone is 1. The van der Waals surface area contributed by atoms with Gasteiger partial charge in [-0.1, -0.05) is 85.4 Å². The van der Waals surface area contributed by atoms with Crippen LogP contribution in [0.25, 0.3) is 5.76 Å². The zero-order valence-electron chi connectivity index (χ0n) is 22.1. The SMILES string of the molecule is CCCC(C)CC(C)COC(=O)c1ccccc1C(OCC(C)CC(C)CCC)=C1CCC1. The Morgan fingerprint density at radius 2 is 1.30 bits per heavy atom. The maximum absolute atomic E-state index is 13.1. The van der Waals surface area contributed by atoms with Crippen LogP contribution in [0.15, 0.2) is 29.8 Å². The van der Waals surface area contributed by atoms with E-state index in [1.165, 1.54) is 44.1 Å². The van der Waals surface area contributed by atoms with Gasteiger partial charge in [0.25, 0.3) is 0 Å². The lowest BCUT2D eigenvalue weighted by Crippen LogP contribution is -2.17. The highest BCUT2D eigenvalue weighted by atomic mass is 16.5. The molecule has 4 unspecified atom stereocenters. The maximum atomic E-state index is 13.1. The predicted octanol–water partition coefficient (Wildman–Crippen LogP) is 8.68. The summed E-state index contributed by atoms with van der Waals surface area (Å²) in [6.07, 6.45) is 10.5. The number of carbonyl (C=O) groups is 1. The van der Waals surface area contributed by atoms with Gasteiger partial charge in [0.1, 0.15) is 5.76 Å². The Morgan fingerprint density at radius 3 is 1.79 bits per heavy atom. The summed E-state index contributed by atoms with van der Waals surface area (Å²) in [5.41, 5.74) is 2.87. The van der Waals surface area contributed by atoms with Crippen LogP contribution in [-0.2, 0) is 9.47 Å². The van der Waals surface area contributed by atoms with Gasteiger partial charge in [0, 0.05) is 5.56 Å². The molecule has 1 saturated carbocycles. The van der Waals surface area contributed by atoms with Crippen LogP contribution in [0.1, 0.15) is 115 Å². The largest absolute Gasteiger partial charge is 0.493 e. The van der Waals surface area contributed by atoms with E-state index < -0.39 is 0 Å². The number of hydrogen-bond acceptors (Lipinski definition) is 3. The van der Waals surface area contributed by atoms with Crippen molar-refractivity contribution in [2.45, 2.75) is 99.3 Å². The molecule has 0 heterocycles. The number of benzene rings is 1. The molecule has 1 aliphatic carbocycles. The molecule has 1 aromatic carbocycles. The summed E-state index contributed by atoms with van der Waals surface area (Å²) < 4.78 is 12.2. The lowest BCUT2D eigenvalue weighted by molar-refractivity contribution is 0.0432. The second-order valence-electron chi connectivity index (χ2n) is 10.7. The number of carbonyl (C=O) groups excluding carboxylic acids is 1. The first kappa shape index (κ1) is 27.5. The molecule has 1 aromatic rings. The van der Waals surface area contributed by atoms with E-state index in [4.69, 9.17) is 9.47 Å². The lowest BCUT2D eigenvalue weighted by atomic mass is 9.88. The molecule has 3 nitrogen and oxygen atoms in total. The quantitative estimate of drug-likeness (QED) is 0.196. The van der Waals surface area contributed by atoms with Crippen molar-refractivity contribution >= 4 is 11.7 Å². The fraction of sp³-hybridized carbons (Fsp3) is 0.700. The van der Waals surface area contributed by atoms with Crippen LogP contribution in [-0.4, -0.2) is 19.2 Å². The summed E-state index contributed by atoms with van der Waals surface area (Å²) in [5.74, 6) is 2.94. The molecule has 0 aromatic heterocycles. The molecule has 0 saturated heterocycles. The van der Waals surface area contributed by atoms with Crippen LogP contribution >= 0.6 is 0 Å². The Morgan fingerprint density at radius 1 is 0.788 bits per heavy atom. The van der Waals surface area contributed by atoms with E-state index in [0.29, 0.717) is 36.5 Å². The van der Waals surface area contributed by atoms with E-state index in [1.807, 2.05) is 24.3 Å². The van der Waals surface area contributed by atoms with Gasteiger partial charge in [-0.05, 0) is 67.4 Å². The summed E-state index contributed by atoms with van der Waals surface area (Å²) in [6, 6.07) is 7.83. The Bertz CT molecular complexity index is 745. The topological polar surface area (TPSA) is 35.5 Å². The van der Waals surface area contributed by atoms with E-state index in [-0.39, 0.29) is 5.97 Å². The predicted molar refractivity (Wildman–Crippen MR) is 139 cm³/mol. The summed E-state index contributed by atoms with van der Waals surface area (Å²) in [7, 11) is 0. The van der Waals surface area contributed by atoms with Crippen molar-refractivity contribution in [3.05, 3.63) is 41.0 Å². The van der Waals surface area contributed by atoms with Crippen molar-refractivity contribution < 1.29 is 14.3 Å². The van der Waals surface area contributed by atoms with Crippen LogP contribution in [0.2, 0.25) is 0 Å². The van der Waals surface area contributed by atoms with Gasteiger partial charge in [0.05, 0.1) is 18.8 Å². The van der Waals surface area contributed by atoms with Crippen molar-refractivity contribution in [3.8, 4) is 0 Å². The fourth-order valence-electron chi connectivity index (χ4n) is 5.06. The molecule has 0 aliphatic heterocycles. The monoisotopic (exact) mass is 456 g/mol. The Kier molecular flexibility index (Phi) is 12.1. The second kappa shape index (κ2) is 14.5. The van der Waals surface area contributed by atoms with Crippen molar-refractivity contribution in [2.75, 3.05) is 13.2 Å². The normalized spacial score (nSPS) is 17.0. The summed E-state index contributed by atoms with van der Waals surface area (Å²) in [6.45, 7) is 14.7. The molecule has 186 valence electrons. The minimum absolute atomic E-state index is 0.230. The first-order valence-corrected chi connectivity index (χ1v) is 13.5. The average molecular weight is 457 g/mol. The summed E-state index contributed by atoms with van der Waals surface area (Å²) >= 11 is 0. The van der Waals surface area contributed by atoms with E-state index in [2.05, 4.69) is 41.5 Å². The first-order chi connectivity index (χ1) is 15.8. The molecule has 4 atom stereocenters. The molecule has 0 radical (unpaired) electrons. The van der Waals surface area contributed by atoms with Crippen LogP contribution in [0.3, 0.4) is 0 Å². The second-order valence-corrected chi connectivity index (χ2v) is 10.7. The zero-order chi connectivity index (χ0) is 24.2. The van der Waals surface area contributed by atoms with Gasteiger partial charge in [-0.3, -0.25) is 0 Å². The lowest BCUT2D eigenvalue weighted by Gasteiger charge is -2.26. The Balaban J connectivity index is 2.06. The maximum Gasteiger partial charge on any atom is 0.338 e. The molecule has 1 fully saturated rings. The fourth-order valence-corrected chi connectivity index (χ4v) is 5.06. The van der Waals surface area contributed by atoms with Crippen LogP contribution in [0.5, 0.6) is 0 Å². The molecule has 2 rings (SSSR count). The van der Waals surface area contributed by atoms with Crippen LogP contribution < -0.4 is 0 Å². The third-order valence-electron chi connectivity index (χ3n) is 6.85. The number of rotatable bonds is 15. The third kappa shape index (κ3) is 9.18. The highest BCUT2D eigenvalue weighted by molar-refractivity contribution is 5.95. The first-order valence-electron chi connectivity index (χ1n) is 13.5.